The van der Waals surface area contributed by atoms with Gasteiger partial charge >= 0.3 is 0 Å². The first-order valence-corrected chi connectivity index (χ1v) is 2.73. The van der Waals surface area contributed by atoms with Gasteiger partial charge in [-0.25, -0.2) is 0 Å². The summed E-state index contributed by atoms with van der Waals surface area (Å²) in [6, 6.07) is 3.61. The van der Waals surface area contributed by atoms with Crippen LogP contribution in [-0.4, -0.2) is 10.2 Å². The summed E-state index contributed by atoms with van der Waals surface area (Å²) in [5, 5.41) is 7.37. The van der Waals surface area contributed by atoms with Crippen molar-refractivity contribution in [2.24, 2.45) is 0 Å². The van der Waals surface area contributed by atoms with E-state index in [4.69, 9.17) is 0 Å². The lowest BCUT2D eigenvalue weighted by Crippen LogP contribution is -1.87. The maximum Gasteiger partial charge on any atom is 0.113 e. The molecule has 0 N–H and O–H groups in total. The molecule has 1 aromatic heterocycles. The van der Waals surface area contributed by atoms with Gasteiger partial charge in [0.2, 0.25) is 0 Å². The predicted octanol–water partition coefficient (Wildman–Crippen LogP) is 1.01. The van der Waals surface area contributed by atoms with Crippen LogP contribution in [0.3, 0.4) is 0 Å². The second-order valence-electron chi connectivity index (χ2n) is 1.65. The average Bonchev–Trinajstić information content (AvgIpc) is 1.91. The van der Waals surface area contributed by atoms with Crippen molar-refractivity contribution in [2.75, 3.05) is 0 Å². The maximum absolute atomic E-state index is 3.79. The molecule has 0 atom stereocenters. The first kappa shape index (κ1) is 5.95. The van der Waals surface area contributed by atoms with Crippen molar-refractivity contribution in [3.63, 3.8) is 0 Å². The molecule has 0 amide bonds. The summed E-state index contributed by atoms with van der Waals surface area (Å²) >= 11 is 0. The topological polar surface area (TPSA) is 25.8 Å². The monoisotopic (exact) mass is 119 g/mol. The number of hydrogen-bond donors (Lipinski definition) is 0. The van der Waals surface area contributed by atoms with E-state index in [-0.39, 0.29) is 0 Å². The van der Waals surface area contributed by atoms with Crippen LogP contribution in [0.15, 0.2) is 24.8 Å². The summed E-state index contributed by atoms with van der Waals surface area (Å²) in [6.45, 7) is 3.58. The minimum Gasteiger partial charge on any atom is -0.155 e. The Bertz CT molecular complexity index is 181. The van der Waals surface area contributed by atoms with Gasteiger partial charge in [0, 0.05) is 6.42 Å². The number of aromatic nitrogens is 2. The molecule has 0 aliphatic rings. The standard InChI is InChI=1S/C7H7N2/c1-2-4-7-5-3-6-8-9-7/h2-3,5H,1,4H2. The second kappa shape index (κ2) is 2.97. The van der Waals surface area contributed by atoms with Gasteiger partial charge in [0.25, 0.3) is 0 Å². The molecule has 0 aliphatic heterocycles. The molecule has 0 saturated heterocycles. The fraction of sp³-hybridized carbons (Fsp3) is 0.143. The van der Waals surface area contributed by atoms with Crippen molar-refractivity contribution in [3.8, 4) is 0 Å². The van der Waals surface area contributed by atoms with Crippen LogP contribution in [0, 0.1) is 6.20 Å². The number of allylic oxidation sites excluding steroid dienone is 1. The zero-order chi connectivity index (χ0) is 6.53. The highest BCUT2D eigenvalue weighted by molar-refractivity contribution is 5.02. The number of rotatable bonds is 2. The minimum atomic E-state index is 0.779. The van der Waals surface area contributed by atoms with Gasteiger partial charge in [-0.1, -0.05) is 6.08 Å². The Kier molecular flexibility index (Phi) is 1.96. The van der Waals surface area contributed by atoms with Gasteiger partial charge < -0.3 is 0 Å². The van der Waals surface area contributed by atoms with Crippen molar-refractivity contribution in [3.05, 3.63) is 36.7 Å². The maximum atomic E-state index is 3.79. The molecule has 0 unspecified atom stereocenters. The zero-order valence-corrected chi connectivity index (χ0v) is 5.04. The van der Waals surface area contributed by atoms with Crippen molar-refractivity contribution < 1.29 is 0 Å². The van der Waals surface area contributed by atoms with E-state index in [9.17, 15) is 0 Å². The Morgan fingerprint density at radius 2 is 2.67 bits per heavy atom. The Hall–Kier alpha value is -1.18. The summed E-state index contributed by atoms with van der Waals surface area (Å²) in [5.41, 5.74) is 0.934. The first-order valence-electron chi connectivity index (χ1n) is 2.73. The summed E-state index contributed by atoms with van der Waals surface area (Å²) in [4.78, 5) is 0. The van der Waals surface area contributed by atoms with E-state index >= 15 is 0 Å². The van der Waals surface area contributed by atoms with E-state index in [0.717, 1.165) is 12.1 Å². The molecule has 0 spiro atoms. The normalized spacial score (nSPS) is 8.89. The molecule has 0 bridgehead atoms. The predicted molar refractivity (Wildman–Crippen MR) is 34.8 cm³/mol. The van der Waals surface area contributed by atoms with Crippen LogP contribution in [0.2, 0.25) is 0 Å². The quantitative estimate of drug-likeness (QED) is 0.543. The van der Waals surface area contributed by atoms with Crippen LogP contribution in [0.5, 0.6) is 0 Å². The molecule has 2 nitrogen and oxygen atoms in total. The van der Waals surface area contributed by atoms with Crippen molar-refractivity contribution in [1.82, 2.24) is 10.2 Å². The molecule has 2 heteroatoms. The third-order valence-electron chi connectivity index (χ3n) is 0.940. The van der Waals surface area contributed by atoms with Crippen LogP contribution >= 0.6 is 0 Å². The summed E-state index contributed by atoms with van der Waals surface area (Å²) < 4.78 is 0. The smallest absolute Gasteiger partial charge is 0.113 e. The average molecular weight is 119 g/mol. The Morgan fingerprint density at radius 1 is 1.78 bits per heavy atom. The van der Waals surface area contributed by atoms with E-state index in [1.165, 1.54) is 0 Å². The molecule has 1 aromatic rings. The van der Waals surface area contributed by atoms with Crippen molar-refractivity contribution >= 4 is 0 Å². The Morgan fingerprint density at radius 3 is 3.22 bits per heavy atom. The highest BCUT2D eigenvalue weighted by atomic mass is 15.1. The molecular weight excluding hydrogens is 112 g/mol. The van der Waals surface area contributed by atoms with Crippen LogP contribution in [0.4, 0.5) is 0 Å². The van der Waals surface area contributed by atoms with E-state index in [2.05, 4.69) is 23.0 Å². The third-order valence-corrected chi connectivity index (χ3v) is 0.940. The van der Waals surface area contributed by atoms with Crippen LogP contribution in [-0.2, 0) is 6.42 Å². The molecule has 0 saturated carbocycles. The third kappa shape index (κ3) is 1.64. The van der Waals surface area contributed by atoms with Gasteiger partial charge in [0.05, 0.1) is 5.69 Å². The molecule has 1 heterocycles. The summed E-state index contributed by atoms with van der Waals surface area (Å²) in [5.74, 6) is 0. The van der Waals surface area contributed by atoms with Crippen molar-refractivity contribution in [2.45, 2.75) is 6.42 Å². The highest BCUT2D eigenvalue weighted by Crippen LogP contribution is 1.90. The highest BCUT2D eigenvalue weighted by Gasteiger charge is 1.85. The Balaban J connectivity index is 2.72. The van der Waals surface area contributed by atoms with Gasteiger partial charge in [-0.3, -0.25) is 0 Å². The lowest BCUT2D eigenvalue weighted by molar-refractivity contribution is 0.943. The SMILES string of the molecule is C=CCc1cc[c]nn1. The lowest BCUT2D eigenvalue weighted by Gasteiger charge is -1.88. The molecule has 1 radical (unpaired) electrons. The van der Waals surface area contributed by atoms with Gasteiger partial charge in [-0.15, -0.1) is 11.7 Å². The zero-order valence-electron chi connectivity index (χ0n) is 5.04. The van der Waals surface area contributed by atoms with Gasteiger partial charge in [-0.2, -0.15) is 5.10 Å². The lowest BCUT2D eigenvalue weighted by atomic mass is 10.3. The molecule has 0 fully saturated rings. The summed E-state index contributed by atoms with van der Waals surface area (Å²) in [6.07, 6.45) is 5.17. The molecule has 45 valence electrons. The molecular formula is C7H7N2. The van der Waals surface area contributed by atoms with Crippen molar-refractivity contribution in [1.29, 1.82) is 0 Å². The van der Waals surface area contributed by atoms with E-state index in [1.54, 1.807) is 12.1 Å². The molecule has 0 aliphatic carbocycles. The van der Waals surface area contributed by atoms with Crippen LogP contribution in [0.1, 0.15) is 5.69 Å². The number of hydrogen-bond acceptors (Lipinski definition) is 2. The van der Waals surface area contributed by atoms with Crippen LogP contribution in [0.25, 0.3) is 0 Å². The van der Waals surface area contributed by atoms with Crippen LogP contribution < -0.4 is 0 Å². The largest absolute Gasteiger partial charge is 0.155 e. The summed E-state index contributed by atoms with van der Waals surface area (Å²) in [7, 11) is 0. The van der Waals surface area contributed by atoms with Gasteiger partial charge in [0.1, 0.15) is 6.20 Å². The molecule has 0 aromatic carbocycles. The minimum absolute atomic E-state index is 0.779. The molecule has 9 heavy (non-hydrogen) atoms. The first-order chi connectivity index (χ1) is 4.43. The number of nitrogens with zero attached hydrogens (tertiary/aromatic N) is 2. The Labute approximate surface area is 54.2 Å². The van der Waals surface area contributed by atoms with Gasteiger partial charge in [0.15, 0.2) is 0 Å². The van der Waals surface area contributed by atoms with E-state index < -0.39 is 0 Å². The van der Waals surface area contributed by atoms with Gasteiger partial charge in [-0.05, 0) is 12.1 Å². The van der Waals surface area contributed by atoms with E-state index in [0.29, 0.717) is 0 Å². The molecule has 1 rings (SSSR count). The fourth-order valence-electron chi connectivity index (χ4n) is 0.550. The fourth-order valence-corrected chi connectivity index (χ4v) is 0.550. The second-order valence-corrected chi connectivity index (χ2v) is 1.65. The van der Waals surface area contributed by atoms with E-state index in [1.807, 2.05) is 6.07 Å².